The molecule has 6 nitrogen and oxygen atoms in total. The van der Waals surface area contributed by atoms with Crippen molar-refractivity contribution in [3.8, 4) is 0 Å². The smallest absolute Gasteiger partial charge is 0.275 e. The molecule has 26 heavy (non-hydrogen) atoms. The lowest BCUT2D eigenvalue weighted by Gasteiger charge is -2.14. The first-order valence-electron chi connectivity index (χ1n) is 8.19. The third-order valence-electron chi connectivity index (χ3n) is 3.90. The molecule has 0 aromatic heterocycles. The molecule has 0 heterocycles. The second-order valence-corrected chi connectivity index (χ2v) is 7.75. The van der Waals surface area contributed by atoms with Crippen LogP contribution in [0.3, 0.4) is 0 Å². The fraction of sp³-hybridized carbons (Fsp3) is 0.278. The number of quaternary nitrogens is 1. The third-order valence-corrected chi connectivity index (χ3v) is 4.83. The Morgan fingerprint density at radius 1 is 1.15 bits per heavy atom. The molecule has 1 amide bonds. The molecule has 0 bridgehead atoms. The van der Waals surface area contributed by atoms with Crippen LogP contribution in [0.1, 0.15) is 11.1 Å². The Labute approximate surface area is 152 Å². The van der Waals surface area contributed by atoms with Crippen molar-refractivity contribution < 1.29 is 22.5 Å². The zero-order valence-corrected chi connectivity index (χ0v) is 15.4. The molecule has 1 atom stereocenters. The molecule has 4 N–H and O–H groups in total. The lowest BCUT2D eigenvalue weighted by molar-refractivity contribution is -0.885. The van der Waals surface area contributed by atoms with Gasteiger partial charge in [-0.05, 0) is 30.2 Å². The lowest BCUT2D eigenvalue weighted by Crippen LogP contribution is -3.09. The first-order chi connectivity index (χ1) is 12.3. The lowest BCUT2D eigenvalue weighted by atomic mass is 10.1. The maximum atomic E-state index is 13.6. The number of carbonyl (C=O) groups excluding carboxylic acids is 1. The number of carbonyl (C=O) groups is 1. The highest BCUT2D eigenvalue weighted by Gasteiger charge is 2.12. The average molecular weight is 380 g/mol. The molecule has 1 unspecified atom stereocenters. The van der Waals surface area contributed by atoms with Gasteiger partial charge in [-0.1, -0.05) is 30.3 Å². The van der Waals surface area contributed by atoms with E-state index in [1.54, 1.807) is 30.3 Å². The normalized spacial score (nSPS) is 12.6. The number of nitrogens with one attached hydrogen (secondary N) is 2. The van der Waals surface area contributed by atoms with Gasteiger partial charge in [0.25, 0.3) is 5.91 Å². The average Bonchev–Trinajstić information content (AvgIpc) is 2.56. The Morgan fingerprint density at radius 2 is 1.81 bits per heavy atom. The van der Waals surface area contributed by atoms with Crippen LogP contribution in [-0.2, 0) is 27.8 Å². The zero-order chi connectivity index (χ0) is 19.2. The number of sulfonamides is 1. The molecule has 0 aliphatic heterocycles. The largest absolute Gasteiger partial charge is 0.351 e. The molecule has 0 aliphatic carbocycles. The van der Waals surface area contributed by atoms with Crippen LogP contribution >= 0.6 is 0 Å². The van der Waals surface area contributed by atoms with Crippen molar-refractivity contribution in [3.05, 3.63) is 65.5 Å². The highest BCUT2D eigenvalue weighted by atomic mass is 32.2. The van der Waals surface area contributed by atoms with Gasteiger partial charge in [0.1, 0.15) is 12.4 Å². The number of hydrogen-bond acceptors (Lipinski definition) is 3. The number of amides is 1. The van der Waals surface area contributed by atoms with Crippen molar-refractivity contribution in [2.45, 2.75) is 17.9 Å². The molecule has 2 aromatic carbocycles. The van der Waals surface area contributed by atoms with E-state index >= 15 is 0 Å². The Balaban J connectivity index is 1.75. The Bertz CT molecular complexity index is 854. The van der Waals surface area contributed by atoms with Crippen molar-refractivity contribution in [2.75, 3.05) is 20.1 Å². The Hall–Kier alpha value is -2.29. The van der Waals surface area contributed by atoms with Crippen molar-refractivity contribution in [2.24, 2.45) is 5.14 Å². The van der Waals surface area contributed by atoms with Gasteiger partial charge in [0.05, 0.1) is 11.9 Å². The second kappa shape index (κ2) is 8.88. The van der Waals surface area contributed by atoms with Gasteiger partial charge in [-0.15, -0.1) is 0 Å². The van der Waals surface area contributed by atoms with Crippen molar-refractivity contribution >= 4 is 15.9 Å². The monoisotopic (exact) mass is 380 g/mol. The number of halogens is 1. The number of likely N-dealkylation sites (N-methyl/N-ethyl adjacent to an activating group) is 1. The molecule has 0 saturated heterocycles. The van der Waals surface area contributed by atoms with E-state index in [0.717, 1.165) is 10.5 Å². The van der Waals surface area contributed by atoms with Crippen LogP contribution in [0.5, 0.6) is 0 Å². The van der Waals surface area contributed by atoms with Gasteiger partial charge >= 0.3 is 0 Å². The van der Waals surface area contributed by atoms with Gasteiger partial charge in [-0.25, -0.2) is 17.9 Å². The SMILES string of the molecule is C[NH+](CC(=O)NCCc1ccc(S(N)(=O)=O)cc1)Cc1ccccc1F. The molecule has 8 heteroatoms. The van der Waals surface area contributed by atoms with E-state index in [4.69, 9.17) is 5.14 Å². The molecule has 140 valence electrons. The zero-order valence-electron chi connectivity index (χ0n) is 14.5. The summed E-state index contributed by atoms with van der Waals surface area (Å²) in [6.07, 6.45) is 0.572. The number of hydrogen-bond donors (Lipinski definition) is 3. The molecule has 0 saturated carbocycles. The number of rotatable bonds is 8. The van der Waals surface area contributed by atoms with Crippen molar-refractivity contribution in [1.29, 1.82) is 0 Å². The van der Waals surface area contributed by atoms with Gasteiger partial charge < -0.3 is 10.2 Å². The Kier molecular flexibility index (Phi) is 6.84. The topological polar surface area (TPSA) is 93.7 Å². The fourth-order valence-electron chi connectivity index (χ4n) is 2.56. The summed E-state index contributed by atoms with van der Waals surface area (Å²) in [6.45, 7) is 1.09. The van der Waals surface area contributed by atoms with Crippen molar-refractivity contribution in [3.63, 3.8) is 0 Å². The van der Waals surface area contributed by atoms with E-state index in [9.17, 15) is 17.6 Å². The van der Waals surface area contributed by atoms with Crippen LogP contribution in [0.4, 0.5) is 4.39 Å². The summed E-state index contributed by atoms with van der Waals surface area (Å²) in [6, 6.07) is 12.7. The van der Waals surface area contributed by atoms with E-state index in [2.05, 4.69) is 5.32 Å². The summed E-state index contributed by atoms with van der Waals surface area (Å²) >= 11 is 0. The summed E-state index contributed by atoms with van der Waals surface area (Å²) in [5, 5.41) is 7.86. The predicted molar refractivity (Wildman–Crippen MR) is 96.4 cm³/mol. The van der Waals surface area contributed by atoms with Gasteiger partial charge in [-0.2, -0.15) is 0 Å². The Morgan fingerprint density at radius 3 is 2.42 bits per heavy atom. The molecule has 0 fully saturated rings. The molecular formula is C18H23FN3O3S+. The van der Waals surface area contributed by atoms with Gasteiger partial charge in [0.2, 0.25) is 10.0 Å². The van der Waals surface area contributed by atoms with Crippen LogP contribution in [0.2, 0.25) is 0 Å². The van der Waals surface area contributed by atoms with Gasteiger partial charge in [0, 0.05) is 12.1 Å². The summed E-state index contributed by atoms with van der Waals surface area (Å²) in [4.78, 5) is 12.9. The fourth-order valence-corrected chi connectivity index (χ4v) is 3.07. The predicted octanol–water partition coefficient (Wildman–Crippen LogP) is -0.153. The van der Waals surface area contributed by atoms with Gasteiger partial charge in [-0.3, -0.25) is 4.79 Å². The summed E-state index contributed by atoms with van der Waals surface area (Å²) in [5.74, 6) is -0.393. The summed E-state index contributed by atoms with van der Waals surface area (Å²) in [7, 11) is -1.86. The maximum Gasteiger partial charge on any atom is 0.275 e. The van der Waals surface area contributed by atoms with E-state index in [1.807, 2.05) is 7.05 Å². The number of primary sulfonamides is 1. The van der Waals surface area contributed by atoms with E-state index in [1.165, 1.54) is 18.2 Å². The van der Waals surface area contributed by atoms with Crippen LogP contribution in [0.25, 0.3) is 0 Å². The molecule has 0 spiro atoms. The third kappa shape index (κ3) is 6.21. The molecule has 0 aliphatic rings. The minimum Gasteiger partial charge on any atom is -0.351 e. The highest BCUT2D eigenvalue weighted by Crippen LogP contribution is 2.08. The number of benzene rings is 2. The van der Waals surface area contributed by atoms with E-state index in [0.29, 0.717) is 25.1 Å². The van der Waals surface area contributed by atoms with Crippen LogP contribution < -0.4 is 15.4 Å². The summed E-state index contributed by atoms with van der Waals surface area (Å²) in [5.41, 5.74) is 1.47. The summed E-state index contributed by atoms with van der Waals surface area (Å²) < 4.78 is 36.0. The van der Waals surface area contributed by atoms with E-state index < -0.39 is 10.0 Å². The minimum absolute atomic E-state index is 0.0589. The molecular weight excluding hydrogens is 357 g/mol. The molecule has 2 rings (SSSR count). The van der Waals surface area contributed by atoms with Crippen LogP contribution in [-0.4, -0.2) is 34.5 Å². The van der Waals surface area contributed by atoms with Gasteiger partial charge in [0.15, 0.2) is 6.54 Å². The quantitative estimate of drug-likeness (QED) is 0.594. The number of nitrogens with two attached hydrogens (primary N) is 1. The minimum atomic E-state index is -3.70. The first-order valence-corrected chi connectivity index (χ1v) is 9.73. The van der Waals surface area contributed by atoms with E-state index in [-0.39, 0.29) is 23.2 Å². The maximum absolute atomic E-state index is 13.6. The van der Waals surface area contributed by atoms with Crippen molar-refractivity contribution in [1.82, 2.24) is 5.32 Å². The molecule has 0 radical (unpaired) electrons. The highest BCUT2D eigenvalue weighted by molar-refractivity contribution is 7.89. The van der Waals surface area contributed by atoms with Crippen LogP contribution in [0, 0.1) is 5.82 Å². The second-order valence-electron chi connectivity index (χ2n) is 6.19. The van der Waals surface area contributed by atoms with Crippen LogP contribution in [0.15, 0.2) is 53.4 Å². The first kappa shape index (κ1) is 20.0. The standard InChI is InChI=1S/C18H22FN3O3S/c1-22(12-15-4-2-3-5-17(15)19)13-18(23)21-11-10-14-6-8-16(9-7-14)26(20,24)25/h2-9H,10-13H2,1H3,(H,21,23)(H2,20,24,25)/p+1. The molecule has 2 aromatic rings.